The van der Waals surface area contributed by atoms with E-state index < -0.39 is 16.9 Å². The van der Waals surface area contributed by atoms with Gasteiger partial charge in [-0.05, 0) is 43.7 Å². The molecule has 10 nitrogen and oxygen atoms in total. The van der Waals surface area contributed by atoms with Crippen molar-refractivity contribution in [3.05, 3.63) is 143 Å². The van der Waals surface area contributed by atoms with Crippen LogP contribution in [-0.2, 0) is 9.53 Å². The van der Waals surface area contributed by atoms with Gasteiger partial charge >= 0.3 is 5.97 Å². The minimum Gasteiger partial charge on any atom is -0.497 e. The fourth-order valence-electron chi connectivity index (χ4n) is 5.24. The van der Waals surface area contributed by atoms with Gasteiger partial charge < -0.3 is 13.9 Å². The normalized spacial score (nSPS) is 14.6. The molecule has 3 aromatic carbocycles. The number of hydrogen-bond donors (Lipinski definition) is 0. The third kappa shape index (κ3) is 5.61. The van der Waals surface area contributed by atoms with E-state index in [9.17, 15) is 19.7 Å². The molecule has 0 aliphatic carbocycles. The fourth-order valence-corrected chi connectivity index (χ4v) is 6.22. The Bertz CT molecular complexity index is 2160. The maximum atomic E-state index is 14.1. The number of furan rings is 1. The van der Waals surface area contributed by atoms with E-state index in [-0.39, 0.29) is 23.4 Å². The molecule has 0 fully saturated rings. The van der Waals surface area contributed by atoms with Gasteiger partial charge in [0.2, 0.25) is 0 Å². The number of carbonyl (C=O) groups is 1. The predicted octanol–water partition coefficient (Wildman–Crippen LogP) is 5.42. The van der Waals surface area contributed by atoms with Crippen LogP contribution in [0.2, 0.25) is 0 Å². The molecule has 1 unspecified atom stereocenters. The molecule has 6 rings (SSSR count). The van der Waals surface area contributed by atoms with Crippen LogP contribution in [0.25, 0.3) is 23.1 Å². The number of nitrogens with zero attached hydrogens (tertiary/aromatic N) is 3. The zero-order chi connectivity index (χ0) is 31.7. The Morgan fingerprint density at radius 1 is 1.07 bits per heavy atom. The SMILES string of the molecule is CCOC(=O)C1=C(c2ccccc2)N=c2s/c(=C\c3ccc(-c4ccc(C)c([N+](=O)[O-])c4)o3)c(=O)n2C1c1cccc(OC)c1. The second-order valence-corrected chi connectivity index (χ2v) is 11.2. The summed E-state index contributed by atoms with van der Waals surface area (Å²) in [5, 5.41) is 11.5. The van der Waals surface area contributed by atoms with Gasteiger partial charge in [0.25, 0.3) is 11.2 Å². The molecule has 0 spiro atoms. The number of benzene rings is 3. The standard InChI is InChI=1S/C34H27N3O7S/c1-4-43-33(39)29-30(21-9-6-5-7-10-21)35-34-36(31(29)23-11-8-12-24(17-23)42-3)32(38)28(45-34)19-25-15-16-27(44-25)22-14-13-20(2)26(18-22)37(40)41/h5-19,31H,4H2,1-3H3/b28-19-. The molecule has 1 aliphatic heterocycles. The lowest BCUT2D eigenvalue weighted by molar-refractivity contribution is -0.385. The van der Waals surface area contributed by atoms with Crippen LogP contribution < -0.4 is 19.6 Å². The van der Waals surface area contributed by atoms with Crippen LogP contribution in [0, 0.1) is 17.0 Å². The number of esters is 1. The highest BCUT2D eigenvalue weighted by Crippen LogP contribution is 2.36. The Hall–Kier alpha value is -5.55. The monoisotopic (exact) mass is 621 g/mol. The number of carbonyl (C=O) groups excluding carboxylic acids is 1. The first-order valence-electron chi connectivity index (χ1n) is 14.1. The number of rotatable bonds is 8. The molecule has 5 aromatic rings. The van der Waals surface area contributed by atoms with Crippen molar-refractivity contribution < 1.29 is 23.6 Å². The van der Waals surface area contributed by atoms with Crippen LogP contribution in [-0.4, -0.2) is 29.2 Å². The van der Waals surface area contributed by atoms with Gasteiger partial charge in [-0.3, -0.25) is 19.5 Å². The van der Waals surface area contributed by atoms with E-state index >= 15 is 0 Å². The minimum absolute atomic E-state index is 0.0112. The summed E-state index contributed by atoms with van der Waals surface area (Å²) in [6.07, 6.45) is 1.61. The summed E-state index contributed by atoms with van der Waals surface area (Å²) in [6, 6.07) is 23.9. The molecule has 0 radical (unpaired) electrons. The summed E-state index contributed by atoms with van der Waals surface area (Å²) >= 11 is 1.17. The van der Waals surface area contributed by atoms with E-state index in [1.807, 2.05) is 36.4 Å². The average molecular weight is 622 g/mol. The molecular weight excluding hydrogens is 594 g/mol. The van der Waals surface area contributed by atoms with E-state index in [2.05, 4.69) is 0 Å². The molecular formula is C34H27N3O7S. The van der Waals surface area contributed by atoms with Gasteiger partial charge in [-0.25, -0.2) is 9.79 Å². The summed E-state index contributed by atoms with van der Waals surface area (Å²) < 4.78 is 18.8. The molecule has 1 aliphatic rings. The molecule has 0 saturated carbocycles. The van der Waals surface area contributed by atoms with Gasteiger partial charge in [-0.15, -0.1) is 0 Å². The van der Waals surface area contributed by atoms with Gasteiger partial charge in [0.15, 0.2) is 4.80 Å². The molecule has 226 valence electrons. The lowest BCUT2D eigenvalue weighted by atomic mass is 9.93. The summed E-state index contributed by atoms with van der Waals surface area (Å²) in [5.41, 5.74) is 2.70. The summed E-state index contributed by atoms with van der Waals surface area (Å²) in [6.45, 7) is 3.54. The maximum absolute atomic E-state index is 14.1. The van der Waals surface area contributed by atoms with Gasteiger partial charge in [-0.2, -0.15) is 0 Å². The van der Waals surface area contributed by atoms with Crippen molar-refractivity contribution in [2.75, 3.05) is 13.7 Å². The van der Waals surface area contributed by atoms with E-state index in [0.29, 0.717) is 54.6 Å². The Morgan fingerprint density at radius 2 is 1.87 bits per heavy atom. The van der Waals surface area contributed by atoms with Gasteiger partial charge in [0.05, 0.1) is 40.5 Å². The zero-order valence-electron chi connectivity index (χ0n) is 24.6. The van der Waals surface area contributed by atoms with Crippen LogP contribution in [0.15, 0.2) is 105 Å². The molecule has 0 saturated heterocycles. The average Bonchev–Trinajstić information content (AvgIpc) is 3.64. The lowest BCUT2D eigenvalue weighted by Gasteiger charge is -2.26. The highest BCUT2D eigenvalue weighted by atomic mass is 32.1. The van der Waals surface area contributed by atoms with Gasteiger partial charge in [-0.1, -0.05) is 65.9 Å². The highest BCUT2D eigenvalue weighted by Gasteiger charge is 2.35. The molecule has 45 heavy (non-hydrogen) atoms. The number of thiazole rings is 1. The summed E-state index contributed by atoms with van der Waals surface area (Å²) in [4.78, 5) is 44.0. The number of fused-ring (bicyclic) bond motifs is 1. The number of aryl methyl sites for hydroxylation is 1. The Balaban J connectivity index is 1.54. The van der Waals surface area contributed by atoms with Crippen LogP contribution in [0.1, 0.15) is 35.4 Å². The number of nitro benzene ring substituents is 1. The second kappa shape index (κ2) is 12.2. The number of methoxy groups -OCH3 is 1. The third-order valence-corrected chi connectivity index (χ3v) is 8.36. The number of hydrogen-bond acceptors (Lipinski definition) is 9. The van der Waals surface area contributed by atoms with Crippen molar-refractivity contribution in [2.24, 2.45) is 4.99 Å². The van der Waals surface area contributed by atoms with Crippen LogP contribution >= 0.6 is 11.3 Å². The lowest BCUT2D eigenvalue weighted by Crippen LogP contribution is -2.40. The first kappa shape index (κ1) is 29.5. The van der Waals surface area contributed by atoms with Crippen molar-refractivity contribution in [1.29, 1.82) is 0 Å². The van der Waals surface area contributed by atoms with Crippen LogP contribution in [0.3, 0.4) is 0 Å². The largest absolute Gasteiger partial charge is 0.497 e. The summed E-state index contributed by atoms with van der Waals surface area (Å²) in [7, 11) is 1.55. The Kier molecular flexibility index (Phi) is 8.01. The minimum atomic E-state index is -0.854. The molecule has 2 aromatic heterocycles. The molecule has 11 heteroatoms. The van der Waals surface area contributed by atoms with Gasteiger partial charge in [0.1, 0.15) is 17.3 Å². The van der Waals surface area contributed by atoms with Crippen molar-refractivity contribution in [1.82, 2.24) is 4.57 Å². The zero-order valence-corrected chi connectivity index (χ0v) is 25.4. The van der Waals surface area contributed by atoms with Crippen LogP contribution in [0.4, 0.5) is 5.69 Å². The van der Waals surface area contributed by atoms with Crippen molar-refractivity contribution in [3.63, 3.8) is 0 Å². The molecule has 3 heterocycles. The van der Waals surface area contributed by atoms with Crippen molar-refractivity contribution >= 4 is 34.8 Å². The van der Waals surface area contributed by atoms with E-state index in [1.54, 1.807) is 69.5 Å². The highest BCUT2D eigenvalue weighted by molar-refractivity contribution is 7.07. The van der Waals surface area contributed by atoms with Crippen LogP contribution in [0.5, 0.6) is 5.75 Å². The first-order chi connectivity index (χ1) is 21.8. The fraction of sp³-hybridized carbons (Fsp3) is 0.147. The third-order valence-electron chi connectivity index (χ3n) is 7.37. The molecule has 1 atom stereocenters. The molecule has 0 bridgehead atoms. The van der Waals surface area contributed by atoms with E-state index in [1.165, 1.54) is 22.0 Å². The smallest absolute Gasteiger partial charge is 0.338 e. The predicted molar refractivity (Wildman–Crippen MR) is 170 cm³/mol. The molecule has 0 N–H and O–H groups in total. The quantitative estimate of drug-likeness (QED) is 0.129. The van der Waals surface area contributed by atoms with E-state index in [0.717, 1.165) is 0 Å². The topological polar surface area (TPSA) is 126 Å². The number of ether oxygens (including phenoxy) is 2. The van der Waals surface area contributed by atoms with Gasteiger partial charge in [0, 0.05) is 28.8 Å². The number of aromatic nitrogens is 1. The van der Waals surface area contributed by atoms with Crippen molar-refractivity contribution in [2.45, 2.75) is 19.9 Å². The maximum Gasteiger partial charge on any atom is 0.338 e. The number of nitro groups is 1. The summed E-state index contributed by atoms with van der Waals surface area (Å²) in [5.74, 6) is 0.785. The Morgan fingerprint density at radius 3 is 2.60 bits per heavy atom. The first-order valence-corrected chi connectivity index (χ1v) is 14.9. The Labute approximate surface area is 261 Å². The van der Waals surface area contributed by atoms with E-state index in [4.69, 9.17) is 18.9 Å². The molecule has 0 amide bonds. The van der Waals surface area contributed by atoms with Crippen molar-refractivity contribution in [3.8, 4) is 17.1 Å². The second-order valence-electron chi connectivity index (χ2n) is 10.2.